The summed E-state index contributed by atoms with van der Waals surface area (Å²) >= 11 is 3.32. The van der Waals surface area contributed by atoms with Gasteiger partial charge in [-0.05, 0) is 40.0 Å². The molecule has 4 nitrogen and oxygen atoms in total. The van der Waals surface area contributed by atoms with Gasteiger partial charge >= 0.3 is 0 Å². The summed E-state index contributed by atoms with van der Waals surface area (Å²) < 4.78 is 0.855. The topological polar surface area (TPSA) is 59.2 Å². The van der Waals surface area contributed by atoms with Gasteiger partial charge in [-0.25, -0.2) is 4.98 Å². The van der Waals surface area contributed by atoms with Gasteiger partial charge < -0.3 is 10.6 Å². The molecule has 1 heterocycles. The Balaban J connectivity index is 2.03. The summed E-state index contributed by atoms with van der Waals surface area (Å²) in [4.78, 5) is 18.4. The van der Waals surface area contributed by atoms with Gasteiger partial charge in [-0.3, -0.25) is 4.79 Å². The number of halogens is 1. The average molecular weight is 348 g/mol. The minimum Gasteiger partial charge on any atom is -0.336 e. The van der Waals surface area contributed by atoms with Crippen molar-refractivity contribution in [1.82, 2.24) is 9.88 Å². The Labute approximate surface area is 133 Å². The Kier molecular flexibility index (Phi) is 5.90. The predicted molar refractivity (Wildman–Crippen MR) is 87.0 cm³/mol. The number of hydrogen-bond donors (Lipinski definition) is 1. The van der Waals surface area contributed by atoms with Gasteiger partial charge in [0.1, 0.15) is 5.69 Å². The number of aromatic nitrogens is 1. The van der Waals surface area contributed by atoms with Gasteiger partial charge in [-0.1, -0.05) is 30.3 Å². The number of benzene rings is 1. The molecular formula is C16H18BrN3O. The molecule has 2 rings (SSSR count). The van der Waals surface area contributed by atoms with Crippen molar-refractivity contribution < 1.29 is 4.79 Å². The molecule has 21 heavy (non-hydrogen) atoms. The second-order valence-corrected chi connectivity index (χ2v) is 5.59. The molecule has 0 aliphatic rings. The Morgan fingerprint density at radius 1 is 1.14 bits per heavy atom. The largest absolute Gasteiger partial charge is 0.336 e. The van der Waals surface area contributed by atoms with E-state index >= 15 is 0 Å². The Morgan fingerprint density at radius 2 is 1.90 bits per heavy atom. The van der Waals surface area contributed by atoms with E-state index in [0.29, 0.717) is 25.3 Å². The van der Waals surface area contributed by atoms with Crippen molar-refractivity contribution in [2.75, 3.05) is 19.6 Å². The number of amides is 1. The molecular weight excluding hydrogens is 330 g/mol. The smallest absolute Gasteiger partial charge is 0.272 e. The number of pyridine rings is 1. The van der Waals surface area contributed by atoms with Gasteiger partial charge in [0.15, 0.2) is 0 Å². The third-order valence-corrected chi connectivity index (χ3v) is 3.62. The van der Waals surface area contributed by atoms with Crippen LogP contribution in [-0.4, -0.2) is 35.4 Å². The third-order valence-electron chi connectivity index (χ3n) is 3.15. The molecule has 0 saturated carbocycles. The van der Waals surface area contributed by atoms with Crippen molar-refractivity contribution in [3.63, 3.8) is 0 Å². The maximum Gasteiger partial charge on any atom is 0.272 e. The zero-order valence-corrected chi connectivity index (χ0v) is 13.3. The van der Waals surface area contributed by atoms with Crippen molar-refractivity contribution in [2.24, 2.45) is 5.73 Å². The van der Waals surface area contributed by atoms with Crippen molar-refractivity contribution in [3.8, 4) is 0 Å². The van der Waals surface area contributed by atoms with Crippen LogP contribution in [0.15, 0.2) is 53.1 Å². The van der Waals surface area contributed by atoms with E-state index in [2.05, 4.69) is 33.0 Å². The first kappa shape index (κ1) is 15.7. The van der Waals surface area contributed by atoms with Crippen LogP contribution in [0.3, 0.4) is 0 Å². The van der Waals surface area contributed by atoms with Gasteiger partial charge in [0.2, 0.25) is 0 Å². The summed E-state index contributed by atoms with van der Waals surface area (Å²) in [6.07, 6.45) is 2.44. The normalized spacial score (nSPS) is 10.4. The van der Waals surface area contributed by atoms with Crippen LogP contribution in [0, 0.1) is 0 Å². The first-order valence-corrected chi connectivity index (χ1v) is 7.65. The van der Waals surface area contributed by atoms with Crippen LogP contribution in [0.5, 0.6) is 0 Å². The Morgan fingerprint density at radius 3 is 2.52 bits per heavy atom. The molecule has 0 fully saturated rings. The summed E-state index contributed by atoms with van der Waals surface area (Å²) in [5, 5.41) is 0. The third kappa shape index (κ3) is 4.65. The van der Waals surface area contributed by atoms with Gasteiger partial charge in [0.25, 0.3) is 5.91 Å². The number of carbonyl (C=O) groups is 1. The number of rotatable bonds is 6. The molecule has 0 spiro atoms. The van der Waals surface area contributed by atoms with Crippen molar-refractivity contribution in [2.45, 2.75) is 6.42 Å². The van der Waals surface area contributed by atoms with E-state index < -0.39 is 0 Å². The molecule has 0 aliphatic heterocycles. The SMILES string of the molecule is NCCN(CCc1ccccc1)C(=O)c1ccc(Br)cn1. The highest BCUT2D eigenvalue weighted by molar-refractivity contribution is 9.10. The van der Waals surface area contributed by atoms with E-state index in [4.69, 9.17) is 5.73 Å². The van der Waals surface area contributed by atoms with Crippen LogP contribution in [0.2, 0.25) is 0 Å². The maximum absolute atomic E-state index is 12.5. The second kappa shape index (κ2) is 7.90. The highest BCUT2D eigenvalue weighted by atomic mass is 79.9. The lowest BCUT2D eigenvalue weighted by Crippen LogP contribution is -2.37. The van der Waals surface area contributed by atoms with E-state index in [-0.39, 0.29) is 5.91 Å². The van der Waals surface area contributed by atoms with Crippen molar-refractivity contribution in [1.29, 1.82) is 0 Å². The van der Waals surface area contributed by atoms with Crippen LogP contribution in [0.25, 0.3) is 0 Å². The van der Waals surface area contributed by atoms with Crippen LogP contribution in [0.4, 0.5) is 0 Å². The first-order chi connectivity index (χ1) is 10.2. The maximum atomic E-state index is 12.5. The van der Waals surface area contributed by atoms with Gasteiger partial charge in [0.05, 0.1) is 0 Å². The predicted octanol–water partition coefficient (Wildman–Crippen LogP) is 2.49. The molecule has 0 atom stereocenters. The Bertz CT molecular complexity index is 572. The monoisotopic (exact) mass is 347 g/mol. The van der Waals surface area contributed by atoms with Crippen LogP contribution in [-0.2, 0) is 6.42 Å². The molecule has 1 aromatic heterocycles. The quantitative estimate of drug-likeness (QED) is 0.873. The molecule has 110 valence electrons. The summed E-state index contributed by atoms with van der Waals surface area (Å²) in [6, 6.07) is 13.6. The molecule has 1 amide bonds. The number of hydrogen-bond acceptors (Lipinski definition) is 3. The molecule has 0 radical (unpaired) electrons. The zero-order valence-electron chi connectivity index (χ0n) is 11.7. The van der Waals surface area contributed by atoms with E-state index in [9.17, 15) is 4.79 Å². The number of carbonyl (C=O) groups excluding carboxylic acids is 1. The lowest BCUT2D eigenvalue weighted by Gasteiger charge is -2.21. The summed E-state index contributed by atoms with van der Waals surface area (Å²) in [6.45, 7) is 1.61. The summed E-state index contributed by atoms with van der Waals surface area (Å²) in [5.41, 5.74) is 7.27. The van der Waals surface area contributed by atoms with E-state index in [1.54, 1.807) is 17.2 Å². The molecule has 1 aromatic carbocycles. The minimum atomic E-state index is -0.0797. The van der Waals surface area contributed by atoms with Crippen LogP contribution in [0.1, 0.15) is 16.1 Å². The zero-order chi connectivity index (χ0) is 15.1. The molecule has 2 aromatic rings. The molecule has 0 saturated heterocycles. The van der Waals surface area contributed by atoms with Crippen LogP contribution >= 0.6 is 15.9 Å². The fourth-order valence-corrected chi connectivity index (χ4v) is 2.28. The molecule has 0 bridgehead atoms. The highest BCUT2D eigenvalue weighted by Crippen LogP contribution is 2.10. The van der Waals surface area contributed by atoms with Gasteiger partial charge in [-0.2, -0.15) is 0 Å². The number of nitrogens with two attached hydrogens (primary N) is 1. The lowest BCUT2D eigenvalue weighted by atomic mass is 10.1. The van der Waals surface area contributed by atoms with Crippen molar-refractivity contribution >= 4 is 21.8 Å². The summed E-state index contributed by atoms with van der Waals surface area (Å²) in [5.74, 6) is -0.0797. The fourth-order valence-electron chi connectivity index (χ4n) is 2.04. The minimum absolute atomic E-state index is 0.0797. The standard InChI is InChI=1S/C16H18BrN3O/c17-14-6-7-15(19-12-14)16(21)20(11-9-18)10-8-13-4-2-1-3-5-13/h1-7,12H,8-11,18H2. The van der Waals surface area contributed by atoms with E-state index in [1.165, 1.54) is 5.56 Å². The van der Waals surface area contributed by atoms with E-state index in [1.807, 2.05) is 24.3 Å². The lowest BCUT2D eigenvalue weighted by molar-refractivity contribution is 0.0756. The fraction of sp³-hybridized carbons (Fsp3) is 0.250. The second-order valence-electron chi connectivity index (χ2n) is 4.68. The average Bonchev–Trinajstić information content (AvgIpc) is 2.52. The first-order valence-electron chi connectivity index (χ1n) is 6.85. The Hall–Kier alpha value is -1.72. The van der Waals surface area contributed by atoms with Crippen molar-refractivity contribution in [3.05, 3.63) is 64.4 Å². The molecule has 5 heteroatoms. The summed E-state index contributed by atoms with van der Waals surface area (Å²) in [7, 11) is 0. The van der Waals surface area contributed by atoms with Crippen LogP contribution < -0.4 is 5.73 Å². The number of nitrogens with zero attached hydrogens (tertiary/aromatic N) is 2. The van der Waals surface area contributed by atoms with Gasteiger partial charge in [0, 0.05) is 30.3 Å². The van der Waals surface area contributed by atoms with Gasteiger partial charge in [-0.15, -0.1) is 0 Å². The molecule has 2 N–H and O–H groups in total. The molecule has 0 unspecified atom stereocenters. The highest BCUT2D eigenvalue weighted by Gasteiger charge is 2.16. The molecule has 0 aliphatic carbocycles. The van der Waals surface area contributed by atoms with E-state index in [0.717, 1.165) is 10.9 Å².